The molecule has 0 saturated carbocycles. The summed E-state index contributed by atoms with van der Waals surface area (Å²) in [6, 6.07) is 2.89. The van der Waals surface area contributed by atoms with Gasteiger partial charge in [-0.15, -0.1) is 0 Å². The molecule has 1 saturated heterocycles. The number of benzene rings is 1. The molecule has 1 aromatic rings. The van der Waals surface area contributed by atoms with Crippen LogP contribution in [0.3, 0.4) is 0 Å². The van der Waals surface area contributed by atoms with Crippen molar-refractivity contribution in [2.45, 2.75) is 6.92 Å². The standard InChI is InChI=1S/C16H18FN3O3/c1-2-19-9-11(16(22)23)15(21)10-7-12(17)14(8-13(10)19)20-5-3-18-4-6-20/h7-9,18H,2-6H2,1H3,(H,22,23)/p+2. The molecule has 2 heterocycles. The molecule has 122 valence electrons. The molecule has 4 N–H and O–H groups in total. The third-order valence-corrected chi connectivity index (χ3v) is 4.40. The Morgan fingerprint density at radius 1 is 1.39 bits per heavy atom. The molecule has 0 radical (unpaired) electrons. The molecule has 6 nitrogen and oxygen atoms in total. The lowest BCUT2D eigenvalue weighted by molar-refractivity contribution is -0.773. The van der Waals surface area contributed by atoms with Gasteiger partial charge in [0.1, 0.15) is 17.7 Å². The van der Waals surface area contributed by atoms with Gasteiger partial charge < -0.3 is 15.3 Å². The van der Waals surface area contributed by atoms with E-state index >= 15 is 0 Å². The summed E-state index contributed by atoms with van der Waals surface area (Å²) in [4.78, 5) is 26.3. The van der Waals surface area contributed by atoms with E-state index in [9.17, 15) is 14.0 Å². The molecule has 2 aliphatic rings. The van der Waals surface area contributed by atoms with E-state index in [0.29, 0.717) is 17.9 Å². The molecule has 7 heteroatoms. The Kier molecular flexibility index (Phi) is 4.14. The van der Waals surface area contributed by atoms with E-state index in [1.807, 2.05) is 11.8 Å². The number of aliphatic carboxylic acids is 1. The minimum Gasteiger partial charge on any atom is -0.477 e. The van der Waals surface area contributed by atoms with Gasteiger partial charge in [0.2, 0.25) is 5.78 Å². The Morgan fingerprint density at radius 3 is 2.70 bits per heavy atom. The number of carbonyl (C=O) groups is 2. The highest BCUT2D eigenvalue weighted by Crippen LogP contribution is 2.29. The fourth-order valence-corrected chi connectivity index (χ4v) is 3.16. The number of rotatable bonds is 3. The number of carboxylic acid groups (broad SMARTS) is 1. The molecule has 1 atom stereocenters. The number of halogens is 1. The van der Waals surface area contributed by atoms with Crippen LogP contribution in [0.5, 0.6) is 0 Å². The summed E-state index contributed by atoms with van der Waals surface area (Å²) in [6.45, 7) is 5.79. The Morgan fingerprint density at radius 2 is 2.09 bits per heavy atom. The molecule has 2 aliphatic heterocycles. The molecule has 1 unspecified atom stereocenters. The Bertz CT molecular complexity index is 696. The van der Waals surface area contributed by atoms with Crippen molar-refractivity contribution in [2.75, 3.05) is 37.6 Å². The summed E-state index contributed by atoms with van der Waals surface area (Å²) in [7, 11) is 0. The van der Waals surface area contributed by atoms with Crippen LogP contribution >= 0.6 is 0 Å². The van der Waals surface area contributed by atoms with Crippen LogP contribution in [-0.2, 0) is 4.79 Å². The van der Waals surface area contributed by atoms with Crippen LogP contribution in [0.15, 0.2) is 23.9 Å². The molecular formula is C16H20FN3O3+2. The highest BCUT2D eigenvalue weighted by molar-refractivity contribution is 6.25. The number of carboxylic acids is 1. The average molecular weight is 321 g/mol. The van der Waals surface area contributed by atoms with Crippen LogP contribution in [0.25, 0.3) is 0 Å². The number of anilines is 1. The second-order valence-corrected chi connectivity index (χ2v) is 5.77. The summed E-state index contributed by atoms with van der Waals surface area (Å²) >= 11 is 0. The zero-order valence-corrected chi connectivity index (χ0v) is 12.9. The summed E-state index contributed by atoms with van der Waals surface area (Å²) in [6.07, 6.45) is 1.42. The molecule has 1 aromatic carbocycles. The second-order valence-electron chi connectivity index (χ2n) is 5.77. The number of nitrogens with zero attached hydrogens (tertiary/aromatic N) is 1. The molecule has 23 heavy (non-hydrogen) atoms. The smallest absolute Gasteiger partial charge is 0.345 e. The highest BCUT2D eigenvalue weighted by atomic mass is 19.1. The molecule has 3 rings (SSSR count). The van der Waals surface area contributed by atoms with Gasteiger partial charge in [0.25, 0.3) is 0 Å². The van der Waals surface area contributed by atoms with E-state index in [1.54, 1.807) is 6.07 Å². The second kappa shape index (κ2) is 6.10. The monoisotopic (exact) mass is 321 g/mol. The Labute approximate surface area is 133 Å². The minimum absolute atomic E-state index is 0.145. The molecule has 1 fully saturated rings. The number of quaternary nitrogens is 2. The maximum atomic E-state index is 14.5. The van der Waals surface area contributed by atoms with Crippen molar-refractivity contribution in [2.24, 2.45) is 0 Å². The minimum atomic E-state index is -1.28. The first-order valence-electron chi connectivity index (χ1n) is 7.79. The van der Waals surface area contributed by atoms with Crippen LogP contribution in [0.1, 0.15) is 17.3 Å². The maximum absolute atomic E-state index is 14.5. The molecule has 0 spiro atoms. The Balaban J connectivity index is 2.07. The summed E-state index contributed by atoms with van der Waals surface area (Å²) < 4.78 is 14.5. The van der Waals surface area contributed by atoms with Crippen LogP contribution < -0.4 is 15.1 Å². The van der Waals surface area contributed by atoms with Crippen LogP contribution in [-0.4, -0.2) is 49.6 Å². The third kappa shape index (κ3) is 2.73. The van der Waals surface area contributed by atoms with Gasteiger partial charge in [0.05, 0.1) is 44.0 Å². The number of Topliss-reactive ketones (excluding diaryl/α,β-unsaturated/α-hetero) is 1. The van der Waals surface area contributed by atoms with Crippen molar-refractivity contribution in [3.8, 4) is 0 Å². The van der Waals surface area contributed by atoms with Gasteiger partial charge in [0.15, 0.2) is 5.57 Å². The number of carbonyl (C=O) groups excluding carboxylic acids is 1. The van der Waals surface area contributed by atoms with E-state index in [0.717, 1.165) is 31.1 Å². The number of piperazine rings is 1. The molecule has 0 amide bonds. The number of nitrogens with one attached hydrogen (secondary N) is 1. The quantitative estimate of drug-likeness (QED) is 0.618. The Hall–Kier alpha value is -2.25. The molecule has 0 aromatic heterocycles. The largest absolute Gasteiger partial charge is 0.477 e. The predicted molar refractivity (Wildman–Crippen MR) is 81.5 cm³/mol. The number of hydrogen-bond donors (Lipinski definition) is 3. The van der Waals surface area contributed by atoms with Crippen molar-refractivity contribution in [1.29, 1.82) is 0 Å². The number of nitrogens with two attached hydrogens (primary N) is 1. The first-order chi connectivity index (χ1) is 11.0. The summed E-state index contributed by atoms with van der Waals surface area (Å²) in [5.41, 5.74) is 0.983. The SMILES string of the molecule is CC[NH+]1C=C(C(=O)O)C(=O)c2cc(F)c(N3CC[NH2+]CC3)cc21. The normalized spacial score (nSPS) is 21.0. The van der Waals surface area contributed by atoms with E-state index < -0.39 is 17.6 Å². The fourth-order valence-electron chi connectivity index (χ4n) is 3.16. The van der Waals surface area contributed by atoms with E-state index in [2.05, 4.69) is 5.32 Å². The van der Waals surface area contributed by atoms with Crippen molar-refractivity contribution in [3.63, 3.8) is 0 Å². The van der Waals surface area contributed by atoms with Gasteiger partial charge in [-0.25, -0.2) is 9.18 Å². The van der Waals surface area contributed by atoms with Crippen molar-refractivity contribution in [1.82, 2.24) is 0 Å². The van der Waals surface area contributed by atoms with Crippen molar-refractivity contribution >= 4 is 23.1 Å². The van der Waals surface area contributed by atoms with Crippen LogP contribution in [0, 0.1) is 5.82 Å². The zero-order valence-electron chi connectivity index (χ0n) is 12.9. The lowest BCUT2D eigenvalue weighted by Gasteiger charge is -2.29. The predicted octanol–water partition coefficient (Wildman–Crippen LogP) is -1.09. The summed E-state index contributed by atoms with van der Waals surface area (Å²) in [5.74, 6) is -2.37. The average Bonchev–Trinajstić information content (AvgIpc) is 2.55. The fraction of sp³-hybridized carbons (Fsp3) is 0.375. The number of hydrogen-bond acceptors (Lipinski definition) is 3. The van der Waals surface area contributed by atoms with Crippen LogP contribution in [0.2, 0.25) is 0 Å². The number of ketones is 1. The van der Waals surface area contributed by atoms with Crippen molar-refractivity contribution in [3.05, 3.63) is 35.3 Å². The topological polar surface area (TPSA) is 78.7 Å². The van der Waals surface area contributed by atoms with Gasteiger partial charge in [-0.1, -0.05) is 0 Å². The van der Waals surface area contributed by atoms with Gasteiger partial charge in [-0.2, -0.15) is 0 Å². The first-order valence-corrected chi connectivity index (χ1v) is 7.79. The van der Waals surface area contributed by atoms with E-state index in [-0.39, 0.29) is 11.1 Å². The van der Waals surface area contributed by atoms with Crippen LogP contribution in [0.4, 0.5) is 15.8 Å². The van der Waals surface area contributed by atoms with Gasteiger partial charge in [-0.3, -0.25) is 9.69 Å². The van der Waals surface area contributed by atoms with Gasteiger partial charge in [-0.05, 0) is 13.0 Å². The van der Waals surface area contributed by atoms with Crippen molar-refractivity contribution < 1.29 is 29.3 Å². The summed E-state index contributed by atoms with van der Waals surface area (Å²) in [5, 5.41) is 11.3. The van der Waals surface area contributed by atoms with Gasteiger partial charge >= 0.3 is 5.97 Å². The van der Waals surface area contributed by atoms with E-state index in [4.69, 9.17) is 5.11 Å². The maximum Gasteiger partial charge on any atom is 0.345 e. The lowest BCUT2D eigenvalue weighted by atomic mass is 9.97. The molecule has 0 bridgehead atoms. The number of fused-ring (bicyclic) bond motifs is 1. The first kappa shape index (κ1) is 15.6. The van der Waals surface area contributed by atoms with E-state index in [1.165, 1.54) is 12.3 Å². The molecular weight excluding hydrogens is 301 g/mol. The molecule has 0 aliphatic carbocycles. The zero-order chi connectivity index (χ0) is 16.6. The third-order valence-electron chi connectivity index (χ3n) is 4.40. The van der Waals surface area contributed by atoms with Gasteiger partial charge in [0, 0.05) is 6.07 Å². The lowest BCUT2D eigenvalue weighted by Crippen LogP contribution is -3.03. The highest BCUT2D eigenvalue weighted by Gasteiger charge is 2.34.